The maximum absolute atomic E-state index is 13.3. The predicted molar refractivity (Wildman–Crippen MR) is 69.1 cm³/mol. The van der Waals surface area contributed by atoms with Crippen LogP contribution in [0.3, 0.4) is 0 Å². The Morgan fingerprint density at radius 3 is 2.59 bits per heavy atom. The van der Waals surface area contributed by atoms with E-state index in [0.717, 1.165) is 31.6 Å². The molecule has 1 heterocycles. The molecule has 5 heteroatoms. The molecule has 0 aliphatic carbocycles. The molecule has 0 unspecified atom stereocenters. The van der Waals surface area contributed by atoms with Crippen molar-refractivity contribution in [2.75, 3.05) is 13.2 Å². The van der Waals surface area contributed by atoms with Crippen LogP contribution >= 0.6 is 24.0 Å². The maximum Gasteiger partial charge on any atom is 0.142 e. The predicted octanol–water partition coefficient (Wildman–Crippen LogP) is 3.33. The minimum Gasteiger partial charge on any atom is -0.381 e. The first-order valence-electron chi connectivity index (χ1n) is 5.47. The Kier molecular flexibility index (Phi) is 5.67. The van der Waals surface area contributed by atoms with E-state index < -0.39 is 5.82 Å². The molecule has 2 N–H and O–H groups in total. The molecule has 1 aromatic carbocycles. The Labute approximate surface area is 112 Å². The van der Waals surface area contributed by atoms with Gasteiger partial charge in [0.05, 0.1) is 5.02 Å². The molecule has 0 aromatic heterocycles. The molecule has 0 amide bonds. The third-order valence-corrected chi connectivity index (χ3v) is 3.41. The third-order valence-electron chi connectivity index (χ3n) is 3.10. The second-order valence-electron chi connectivity index (χ2n) is 4.15. The first kappa shape index (κ1) is 14.7. The molecule has 96 valence electrons. The molecule has 1 saturated heterocycles. The molecule has 1 aliphatic rings. The van der Waals surface area contributed by atoms with Crippen LogP contribution in [0, 0.1) is 11.7 Å². The normalized spacial score (nSPS) is 18.5. The first-order valence-corrected chi connectivity index (χ1v) is 5.84. The third kappa shape index (κ3) is 3.55. The van der Waals surface area contributed by atoms with E-state index in [1.807, 2.05) is 0 Å². The molecule has 2 rings (SSSR count). The minimum absolute atomic E-state index is 0. The zero-order valence-corrected chi connectivity index (χ0v) is 10.9. The van der Waals surface area contributed by atoms with Crippen molar-refractivity contribution in [3.05, 3.63) is 34.6 Å². The molecular formula is C12H16Cl2FNO. The largest absolute Gasteiger partial charge is 0.381 e. The Morgan fingerprint density at radius 1 is 1.35 bits per heavy atom. The summed E-state index contributed by atoms with van der Waals surface area (Å²) in [5.41, 5.74) is 6.94. The summed E-state index contributed by atoms with van der Waals surface area (Å²) in [6.45, 7) is 1.49. The molecule has 0 spiro atoms. The first-order chi connectivity index (χ1) is 7.68. The van der Waals surface area contributed by atoms with E-state index >= 15 is 0 Å². The molecule has 1 fully saturated rings. The fourth-order valence-corrected chi connectivity index (χ4v) is 2.18. The van der Waals surface area contributed by atoms with Crippen molar-refractivity contribution < 1.29 is 9.13 Å². The molecule has 0 bridgehead atoms. The number of rotatable bonds is 2. The number of nitrogens with two attached hydrogens (primary N) is 1. The number of benzene rings is 1. The van der Waals surface area contributed by atoms with Crippen LogP contribution in [0.15, 0.2) is 18.2 Å². The van der Waals surface area contributed by atoms with E-state index in [4.69, 9.17) is 22.1 Å². The molecule has 1 aliphatic heterocycles. The summed E-state index contributed by atoms with van der Waals surface area (Å²) in [6, 6.07) is 4.66. The van der Waals surface area contributed by atoms with Crippen LogP contribution in [-0.4, -0.2) is 13.2 Å². The Bertz CT molecular complexity index is 370. The van der Waals surface area contributed by atoms with Gasteiger partial charge in [-0.3, -0.25) is 0 Å². The van der Waals surface area contributed by atoms with Gasteiger partial charge in [0, 0.05) is 19.3 Å². The second-order valence-corrected chi connectivity index (χ2v) is 4.56. The lowest BCUT2D eigenvalue weighted by Crippen LogP contribution is -2.27. The highest BCUT2D eigenvalue weighted by Crippen LogP contribution is 2.29. The Hall–Kier alpha value is -0.350. The number of hydrogen-bond acceptors (Lipinski definition) is 2. The molecule has 2 nitrogen and oxygen atoms in total. The average Bonchev–Trinajstić information content (AvgIpc) is 2.33. The molecular weight excluding hydrogens is 264 g/mol. The van der Waals surface area contributed by atoms with Crippen LogP contribution in [0.5, 0.6) is 0 Å². The van der Waals surface area contributed by atoms with E-state index in [1.54, 1.807) is 12.1 Å². The lowest BCUT2D eigenvalue weighted by atomic mass is 9.88. The monoisotopic (exact) mass is 279 g/mol. The number of halogens is 3. The summed E-state index contributed by atoms with van der Waals surface area (Å²) < 4.78 is 18.6. The van der Waals surface area contributed by atoms with Gasteiger partial charge in [-0.25, -0.2) is 4.39 Å². The van der Waals surface area contributed by atoms with Gasteiger partial charge in [0.25, 0.3) is 0 Å². The van der Waals surface area contributed by atoms with Crippen molar-refractivity contribution in [3.8, 4) is 0 Å². The molecule has 0 radical (unpaired) electrons. The molecule has 0 saturated carbocycles. The molecule has 1 atom stereocenters. The number of ether oxygens (including phenoxy) is 1. The van der Waals surface area contributed by atoms with Gasteiger partial charge in [0.15, 0.2) is 0 Å². The highest BCUT2D eigenvalue weighted by molar-refractivity contribution is 6.30. The quantitative estimate of drug-likeness (QED) is 0.901. The van der Waals surface area contributed by atoms with Crippen LogP contribution in [-0.2, 0) is 4.74 Å². The summed E-state index contributed by atoms with van der Waals surface area (Å²) in [5.74, 6) is -0.0315. The highest BCUT2D eigenvalue weighted by Gasteiger charge is 2.22. The zero-order valence-electron chi connectivity index (χ0n) is 9.36. The smallest absolute Gasteiger partial charge is 0.142 e. The van der Waals surface area contributed by atoms with Crippen molar-refractivity contribution in [2.45, 2.75) is 18.9 Å². The van der Waals surface area contributed by atoms with E-state index in [-0.39, 0.29) is 23.5 Å². The second kappa shape index (κ2) is 6.55. The van der Waals surface area contributed by atoms with Crippen LogP contribution in [0.25, 0.3) is 0 Å². The van der Waals surface area contributed by atoms with Gasteiger partial charge in [-0.2, -0.15) is 0 Å². The van der Waals surface area contributed by atoms with Crippen LogP contribution in [0.1, 0.15) is 24.4 Å². The summed E-state index contributed by atoms with van der Waals surface area (Å²) in [6.07, 6.45) is 1.87. The highest BCUT2D eigenvalue weighted by atomic mass is 35.5. The van der Waals surface area contributed by atoms with Crippen molar-refractivity contribution in [3.63, 3.8) is 0 Å². The minimum atomic E-state index is -0.401. The SMILES string of the molecule is Cl.N[C@@H](c1ccc(Cl)c(F)c1)C1CCOCC1. The van der Waals surface area contributed by atoms with Gasteiger partial charge in [-0.15, -0.1) is 12.4 Å². The van der Waals surface area contributed by atoms with Gasteiger partial charge in [-0.1, -0.05) is 17.7 Å². The van der Waals surface area contributed by atoms with E-state index in [2.05, 4.69) is 0 Å². The van der Waals surface area contributed by atoms with Crippen LogP contribution < -0.4 is 5.73 Å². The van der Waals surface area contributed by atoms with Crippen LogP contribution in [0.4, 0.5) is 4.39 Å². The van der Waals surface area contributed by atoms with Crippen LogP contribution in [0.2, 0.25) is 5.02 Å². The van der Waals surface area contributed by atoms with Crippen molar-refractivity contribution >= 4 is 24.0 Å². The van der Waals surface area contributed by atoms with Gasteiger partial charge < -0.3 is 10.5 Å². The Morgan fingerprint density at radius 2 is 2.00 bits per heavy atom. The zero-order chi connectivity index (χ0) is 11.5. The van der Waals surface area contributed by atoms with E-state index in [9.17, 15) is 4.39 Å². The van der Waals surface area contributed by atoms with E-state index in [0.29, 0.717) is 5.92 Å². The lowest BCUT2D eigenvalue weighted by Gasteiger charge is -2.27. The van der Waals surface area contributed by atoms with Gasteiger partial charge in [-0.05, 0) is 36.5 Å². The molecule has 1 aromatic rings. The van der Waals surface area contributed by atoms with Crippen molar-refractivity contribution in [1.82, 2.24) is 0 Å². The van der Waals surface area contributed by atoms with Crippen molar-refractivity contribution in [1.29, 1.82) is 0 Å². The fraction of sp³-hybridized carbons (Fsp3) is 0.500. The summed E-state index contributed by atoms with van der Waals surface area (Å²) in [5, 5.41) is 0.142. The summed E-state index contributed by atoms with van der Waals surface area (Å²) in [4.78, 5) is 0. The lowest BCUT2D eigenvalue weighted by molar-refractivity contribution is 0.0583. The standard InChI is InChI=1S/C12H15ClFNO.ClH/c13-10-2-1-9(7-11(10)14)12(15)8-3-5-16-6-4-8;/h1-2,7-8,12H,3-6,15H2;1H/t12-;/m1./s1. The average molecular weight is 280 g/mol. The molecule has 17 heavy (non-hydrogen) atoms. The summed E-state index contributed by atoms with van der Waals surface area (Å²) in [7, 11) is 0. The Balaban J connectivity index is 0.00000144. The number of hydrogen-bond donors (Lipinski definition) is 1. The van der Waals surface area contributed by atoms with Gasteiger partial charge in [0.1, 0.15) is 5.82 Å². The summed E-state index contributed by atoms with van der Waals surface area (Å²) >= 11 is 5.64. The van der Waals surface area contributed by atoms with Crippen molar-refractivity contribution in [2.24, 2.45) is 11.7 Å². The van der Waals surface area contributed by atoms with Gasteiger partial charge >= 0.3 is 0 Å². The fourth-order valence-electron chi connectivity index (χ4n) is 2.07. The van der Waals surface area contributed by atoms with Gasteiger partial charge in [0.2, 0.25) is 0 Å². The van der Waals surface area contributed by atoms with E-state index in [1.165, 1.54) is 6.07 Å². The topological polar surface area (TPSA) is 35.2 Å². The maximum atomic E-state index is 13.3.